The van der Waals surface area contributed by atoms with E-state index in [0.29, 0.717) is 18.8 Å². The molecule has 1 amide bonds. The van der Waals surface area contributed by atoms with Crippen LogP contribution in [-0.4, -0.2) is 31.2 Å². The van der Waals surface area contributed by atoms with Crippen molar-refractivity contribution in [2.24, 2.45) is 0 Å². The molecule has 0 radical (unpaired) electrons. The fraction of sp³-hybridized carbons (Fsp3) is 0.462. The highest BCUT2D eigenvalue weighted by atomic mass is 19.4. The molecule has 3 rings (SSSR count). The van der Waals surface area contributed by atoms with Gasteiger partial charge in [-0.2, -0.15) is 13.2 Å². The Hall–Kier alpha value is -1.76. The molecular formula is C13H14F3N3O. The fourth-order valence-electron chi connectivity index (χ4n) is 2.78. The van der Waals surface area contributed by atoms with Crippen molar-refractivity contribution in [2.75, 3.05) is 18.0 Å². The van der Waals surface area contributed by atoms with Crippen molar-refractivity contribution in [3.8, 4) is 0 Å². The summed E-state index contributed by atoms with van der Waals surface area (Å²) in [5.41, 5.74) is -0.788. The number of anilines is 1. The molecule has 7 heteroatoms. The van der Waals surface area contributed by atoms with Crippen molar-refractivity contribution in [3.63, 3.8) is 0 Å². The van der Waals surface area contributed by atoms with Crippen LogP contribution in [0.5, 0.6) is 0 Å². The number of nitrogens with zero attached hydrogens (tertiary/aromatic N) is 1. The summed E-state index contributed by atoms with van der Waals surface area (Å²) >= 11 is 0. The lowest BCUT2D eigenvalue weighted by Gasteiger charge is -2.45. The van der Waals surface area contributed by atoms with Gasteiger partial charge in [-0.25, -0.2) is 0 Å². The zero-order valence-corrected chi connectivity index (χ0v) is 10.8. The maximum absolute atomic E-state index is 13.0. The van der Waals surface area contributed by atoms with Gasteiger partial charge in [-0.3, -0.25) is 4.79 Å². The minimum absolute atomic E-state index is 0.156. The molecule has 0 aromatic heterocycles. The number of carbonyl (C=O) groups is 1. The van der Waals surface area contributed by atoms with Crippen molar-refractivity contribution < 1.29 is 18.0 Å². The minimum Gasteiger partial charge on any atom is -0.348 e. The third-order valence-corrected chi connectivity index (χ3v) is 3.69. The van der Waals surface area contributed by atoms with Crippen molar-refractivity contribution in [3.05, 3.63) is 29.3 Å². The van der Waals surface area contributed by atoms with Gasteiger partial charge in [0.15, 0.2) is 0 Å². The zero-order chi connectivity index (χ0) is 14.5. The molecule has 1 fully saturated rings. The van der Waals surface area contributed by atoms with Crippen LogP contribution in [0.1, 0.15) is 22.8 Å². The molecule has 1 aromatic carbocycles. The Morgan fingerprint density at radius 3 is 2.80 bits per heavy atom. The number of benzene rings is 1. The molecule has 2 N–H and O–H groups in total. The Bertz CT molecular complexity index is 558. The third kappa shape index (κ3) is 2.02. The van der Waals surface area contributed by atoms with E-state index in [9.17, 15) is 18.0 Å². The quantitative estimate of drug-likeness (QED) is 0.760. The molecule has 1 saturated heterocycles. The van der Waals surface area contributed by atoms with Crippen molar-refractivity contribution in [2.45, 2.75) is 25.3 Å². The van der Waals surface area contributed by atoms with E-state index in [1.165, 1.54) is 6.07 Å². The molecule has 0 aliphatic carbocycles. The van der Waals surface area contributed by atoms with Gasteiger partial charge in [0.25, 0.3) is 5.91 Å². The summed E-state index contributed by atoms with van der Waals surface area (Å²) in [5, 5.41) is 5.83. The van der Waals surface area contributed by atoms with Gasteiger partial charge in [0.05, 0.1) is 16.8 Å². The number of nitrogens with one attached hydrogen (secondary N) is 2. The molecule has 20 heavy (non-hydrogen) atoms. The lowest BCUT2D eigenvalue weighted by Crippen LogP contribution is -2.64. The Balaban J connectivity index is 2.12. The van der Waals surface area contributed by atoms with E-state index in [1.54, 1.807) is 6.07 Å². The van der Waals surface area contributed by atoms with Gasteiger partial charge >= 0.3 is 6.18 Å². The SMILES string of the molecule is C[C@@H]1CN2c3cccc(C(F)(F)F)c3C(=O)NC2CN1. The molecule has 0 spiro atoms. The van der Waals surface area contributed by atoms with Crippen LogP contribution in [0.3, 0.4) is 0 Å². The molecule has 2 aliphatic heterocycles. The first-order valence-corrected chi connectivity index (χ1v) is 6.39. The predicted molar refractivity (Wildman–Crippen MR) is 67.5 cm³/mol. The van der Waals surface area contributed by atoms with Gasteiger partial charge in [0.1, 0.15) is 6.17 Å². The van der Waals surface area contributed by atoms with E-state index < -0.39 is 17.6 Å². The third-order valence-electron chi connectivity index (χ3n) is 3.69. The first-order chi connectivity index (χ1) is 9.38. The number of amides is 1. The molecule has 2 heterocycles. The molecule has 1 aromatic rings. The number of halogens is 3. The lowest BCUT2D eigenvalue weighted by molar-refractivity contribution is -0.137. The van der Waals surface area contributed by atoms with Gasteiger partial charge < -0.3 is 15.5 Å². The van der Waals surface area contributed by atoms with E-state index in [2.05, 4.69) is 10.6 Å². The lowest BCUT2D eigenvalue weighted by atomic mass is 9.98. The summed E-state index contributed by atoms with van der Waals surface area (Å²) in [6.45, 7) is 3.03. The molecule has 2 atom stereocenters. The molecule has 0 bridgehead atoms. The van der Waals surface area contributed by atoms with E-state index in [1.807, 2.05) is 11.8 Å². The van der Waals surface area contributed by atoms with Crippen molar-refractivity contribution in [1.82, 2.24) is 10.6 Å². The van der Waals surface area contributed by atoms with Gasteiger partial charge in [0.2, 0.25) is 0 Å². The minimum atomic E-state index is -4.53. The second kappa shape index (κ2) is 4.37. The Labute approximate surface area is 113 Å². The number of fused-ring (bicyclic) bond motifs is 3. The largest absolute Gasteiger partial charge is 0.417 e. The molecule has 0 saturated carbocycles. The number of hydrogen-bond acceptors (Lipinski definition) is 3. The number of carbonyl (C=O) groups excluding carboxylic acids is 1. The monoisotopic (exact) mass is 285 g/mol. The normalized spacial score (nSPS) is 25.8. The Kier molecular flexibility index (Phi) is 2.89. The topological polar surface area (TPSA) is 44.4 Å². The summed E-state index contributed by atoms with van der Waals surface area (Å²) in [6, 6.07) is 4.03. The molecule has 1 unspecified atom stereocenters. The molecule has 4 nitrogen and oxygen atoms in total. The zero-order valence-electron chi connectivity index (χ0n) is 10.8. The number of hydrogen-bond donors (Lipinski definition) is 2. The van der Waals surface area contributed by atoms with E-state index >= 15 is 0 Å². The number of alkyl halides is 3. The smallest absolute Gasteiger partial charge is 0.348 e. The maximum Gasteiger partial charge on any atom is 0.417 e. The predicted octanol–water partition coefficient (Wildman–Crippen LogP) is 1.57. The van der Waals surface area contributed by atoms with Crippen LogP contribution in [0.25, 0.3) is 0 Å². The first kappa shape index (κ1) is 13.2. The summed E-state index contributed by atoms with van der Waals surface area (Å²) < 4.78 is 39.1. The Morgan fingerprint density at radius 1 is 1.35 bits per heavy atom. The first-order valence-electron chi connectivity index (χ1n) is 6.39. The summed E-state index contributed by atoms with van der Waals surface area (Å²) in [5.74, 6) is -0.662. The second-order valence-electron chi connectivity index (χ2n) is 5.15. The standard InChI is InChI=1S/C13H14F3N3O/c1-7-6-19-9-4-2-3-8(13(14,15)16)11(9)12(20)18-10(19)5-17-7/h2-4,7,10,17H,5-6H2,1H3,(H,18,20)/t7-,10?/m1/s1. The average Bonchev–Trinajstić information content (AvgIpc) is 2.38. The molecule has 2 aliphatic rings. The van der Waals surface area contributed by atoms with Crippen molar-refractivity contribution >= 4 is 11.6 Å². The summed E-state index contributed by atoms with van der Waals surface area (Å²) in [6.07, 6.45) is -4.83. The van der Waals surface area contributed by atoms with E-state index in [4.69, 9.17) is 0 Å². The van der Waals surface area contributed by atoms with Crippen LogP contribution in [0.4, 0.5) is 18.9 Å². The summed E-state index contributed by atoms with van der Waals surface area (Å²) in [4.78, 5) is 13.9. The second-order valence-corrected chi connectivity index (χ2v) is 5.15. The van der Waals surface area contributed by atoms with Crippen LogP contribution >= 0.6 is 0 Å². The highest BCUT2D eigenvalue weighted by Gasteiger charge is 2.41. The van der Waals surface area contributed by atoms with Crippen LogP contribution in [0.2, 0.25) is 0 Å². The van der Waals surface area contributed by atoms with Crippen LogP contribution in [0.15, 0.2) is 18.2 Å². The van der Waals surface area contributed by atoms with Gasteiger partial charge in [0, 0.05) is 19.1 Å². The number of piperazine rings is 1. The highest BCUT2D eigenvalue weighted by molar-refractivity contribution is 6.03. The maximum atomic E-state index is 13.0. The van der Waals surface area contributed by atoms with Crippen LogP contribution < -0.4 is 15.5 Å². The van der Waals surface area contributed by atoms with E-state index in [-0.39, 0.29) is 17.8 Å². The number of rotatable bonds is 0. The fourth-order valence-corrected chi connectivity index (χ4v) is 2.78. The van der Waals surface area contributed by atoms with Gasteiger partial charge in [-0.05, 0) is 19.1 Å². The van der Waals surface area contributed by atoms with Crippen LogP contribution in [-0.2, 0) is 6.18 Å². The van der Waals surface area contributed by atoms with E-state index in [0.717, 1.165) is 6.07 Å². The average molecular weight is 285 g/mol. The van der Waals surface area contributed by atoms with Crippen LogP contribution in [0, 0.1) is 0 Å². The molecule has 108 valence electrons. The van der Waals surface area contributed by atoms with Crippen molar-refractivity contribution in [1.29, 1.82) is 0 Å². The molecular weight excluding hydrogens is 271 g/mol. The highest BCUT2D eigenvalue weighted by Crippen LogP contribution is 2.38. The van der Waals surface area contributed by atoms with Gasteiger partial charge in [-0.1, -0.05) is 6.07 Å². The Morgan fingerprint density at radius 2 is 2.10 bits per heavy atom. The summed E-state index contributed by atoms with van der Waals surface area (Å²) in [7, 11) is 0. The van der Waals surface area contributed by atoms with Gasteiger partial charge in [-0.15, -0.1) is 0 Å².